The molecule has 12 nitrogen and oxygen atoms in total. The molecule has 2 saturated heterocycles. The Morgan fingerprint density at radius 3 is 2.60 bits per heavy atom. The van der Waals surface area contributed by atoms with Crippen LogP contribution in [0.3, 0.4) is 0 Å². The first kappa shape index (κ1) is 41.0. The molecule has 1 N–H and O–H groups in total. The normalized spacial score (nSPS) is 34.4. The number of carbonyl (C=O) groups excluding carboxylic acids is 1. The van der Waals surface area contributed by atoms with Crippen molar-refractivity contribution in [2.75, 3.05) is 83.8 Å². The molecule has 1 spiro atoms. The second-order valence-corrected chi connectivity index (χ2v) is 22.2. The molecule has 7 atom stereocenters. The molecule has 1 amide bonds. The van der Waals surface area contributed by atoms with Gasteiger partial charge >= 0.3 is 0 Å². The lowest BCUT2D eigenvalue weighted by Crippen LogP contribution is -2.65. The van der Waals surface area contributed by atoms with Gasteiger partial charge in [0.2, 0.25) is 20.0 Å². The summed E-state index contributed by atoms with van der Waals surface area (Å²) in [7, 11) is -5.50. The fourth-order valence-electron chi connectivity index (χ4n) is 10.6. The van der Waals surface area contributed by atoms with Crippen LogP contribution in [0.5, 0.6) is 5.75 Å². The van der Waals surface area contributed by atoms with Gasteiger partial charge in [-0.3, -0.25) is 14.6 Å². The molecule has 4 aliphatic heterocycles. The minimum atomic E-state index is -4.01. The number of sulfonamides is 2. The number of fused-ring (bicyclic) bond motifs is 5. The van der Waals surface area contributed by atoms with Crippen molar-refractivity contribution in [3.05, 3.63) is 70.3 Å². The lowest BCUT2D eigenvalue weighted by molar-refractivity contribution is -0.101. The zero-order valence-corrected chi connectivity index (χ0v) is 36.0. The van der Waals surface area contributed by atoms with Gasteiger partial charge in [0.05, 0.1) is 23.8 Å². The van der Waals surface area contributed by atoms with E-state index in [2.05, 4.69) is 43.7 Å². The SMILES string of the molecule is CO[C@@]1(CN2CCN3CCN(S(C)(=O)=O)C[C@@H]3C2)/C=C/C[C@H](C)[C@@H](C)S(=O)(=O)NC(=O)c2ccc3c(c2)N(C[C@@H]2CC[C@H]21)C[C@@]1(CCCc2cc(Cl)ccc21)CO3. The third kappa shape index (κ3) is 8.01. The number of halogens is 1. The fourth-order valence-corrected chi connectivity index (χ4v) is 12.9. The van der Waals surface area contributed by atoms with E-state index in [0.29, 0.717) is 51.5 Å². The monoisotopic (exact) mass is 843 g/mol. The molecular weight excluding hydrogens is 786 g/mol. The smallest absolute Gasteiger partial charge is 0.264 e. The van der Waals surface area contributed by atoms with Crippen LogP contribution in [-0.2, 0) is 36.6 Å². The molecular formula is C42H58ClN5O7S2. The standard InChI is InChI=1S/C42H58ClN5O7S2/c1-29-7-5-16-42(54-3,27-45-17-18-46-19-20-48(56(4,50)51)25-35(46)24-45)37-12-9-33(37)23-47-26-41(15-6-8-31-21-34(43)11-13-36(31)41)28-55-39-14-10-32(22-38(39)47)40(49)44-57(52,53)30(29)2/h5,10-11,13-14,16,21-22,29-30,33,35,37H,6-9,12,15,17-20,23-28H2,1-4H3,(H,44,49)/b16-5+/t29-,30+,33-,35-,37+,41-,42+/m0/s1. The third-order valence-electron chi connectivity index (χ3n) is 14.3. The zero-order chi connectivity index (χ0) is 40.3. The van der Waals surface area contributed by atoms with Crippen LogP contribution in [0, 0.1) is 17.8 Å². The maximum atomic E-state index is 13.7. The number of anilines is 1. The van der Waals surface area contributed by atoms with Crippen molar-refractivity contribution in [2.24, 2.45) is 17.8 Å². The van der Waals surface area contributed by atoms with Gasteiger partial charge in [-0.15, -0.1) is 0 Å². The summed E-state index contributed by atoms with van der Waals surface area (Å²) >= 11 is 6.51. The van der Waals surface area contributed by atoms with Gasteiger partial charge in [-0.25, -0.2) is 21.6 Å². The number of aryl methyl sites for hydroxylation is 1. The molecule has 312 valence electrons. The van der Waals surface area contributed by atoms with Crippen molar-refractivity contribution in [1.82, 2.24) is 18.8 Å². The number of hydrogen-bond donors (Lipinski definition) is 1. The number of carbonyl (C=O) groups is 1. The molecule has 57 heavy (non-hydrogen) atoms. The number of benzene rings is 2. The average Bonchev–Trinajstić information content (AvgIpc) is 3.31. The first-order valence-electron chi connectivity index (χ1n) is 20.6. The first-order chi connectivity index (χ1) is 27.1. The van der Waals surface area contributed by atoms with Crippen molar-refractivity contribution in [3.8, 4) is 5.75 Å². The molecule has 6 aliphatic rings. The highest BCUT2D eigenvalue weighted by atomic mass is 35.5. The number of rotatable bonds is 4. The molecule has 4 heterocycles. The summed E-state index contributed by atoms with van der Waals surface area (Å²) in [4.78, 5) is 21.0. The minimum Gasteiger partial charge on any atom is -0.490 e. The number of ether oxygens (including phenoxy) is 2. The summed E-state index contributed by atoms with van der Waals surface area (Å²) in [6, 6.07) is 11.6. The van der Waals surface area contributed by atoms with Crippen LogP contribution in [0.25, 0.3) is 0 Å². The highest BCUT2D eigenvalue weighted by Gasteiger charge is 2.50. The Labute approximate surface area is 344 Å². The maximum absolute atomic E-state index is 13.7. The number of piperazine rings is 2. The van der Waals surface area contributed by atoms with Crippen molar-refractivity contribution < 1.29 is 31.1 Å². The van der Waals surface area contributed by atoms with E-state index in [1.807, 2.05) is 25.1 Å². The van der Waals surface area contributed by atoms with Gasteiger partial charge in [0.1, 0.15) is 11.4 Å². The predicted octanol–water partition coefficient (Wildman–Crippen LogP) is 4.53. The van der Waals surface area contributed by atoms with Crippen LogP contribution < -0.4 is 14.4 Å². The summed E-state index contributed by atoms with van der Waals surface area (Å²) in [6.07, 6.45) is 11.0. The van der Waals surface area contributed by atoms with E-state index in [0.717, 1.165) is 69.0 Å². The minimum absolute atomic E-state index is 0.0945. The molecule has 3 fully saturated rings. The Morgan fingerprint density at radius 2 is 1.84 bits per heavy atom. The zero-order valence-electron chi connectivity index (χ0n) is 33.7. The highest BCUT2D eigenvalue weighted by Crippen LogP contribution is 2.49. The van der Waals surface area contributed by atoms with Gasteiger partial charge < -0.3 is 14.4 Å². The fraction of sp³-hybridized carbons (Fsp3) is 0.643. The Hall–Kier alpha value is -2.72. The van der Waals surface area contributed by atoms with E-state index in [-0.39, 0.29) is 34.8 Å². The van der Waals surface area contributed by atoms with Crippen LogP contribution in [0.2, 0.25) is 5.02 Å². The van der Waals surface area contributed by atoms with Crippen molar-refractivity contribution in [2.45, 2.75) is 74.7 Å². The molecule has 2 aromatic carbocycles. The maximum Gasteiger partial charge on any atom is 0.264 e. The van der Waals surface area contributed by atoms with Crippen molar-refractivity contribution in [1.29, 1.82) is 0 Å². The number of nitrogens with one attached hydrogen (secondary N) is 1. The van der Waals surface area contributed by atoms with E-state index in [4.69, 9.17) is 21.1 Å². The molecule has 1 saturated carbocycles. The van der Waals surface area contributed by atoms with Crippen LogP contribution >= 0.6 is 11.6 Å². The van der Waals surface area contributed by atoms with Gasteiger partial charge in [0.25, 0.3) is 5.91 Å². The Morgan fingerprint density at radius 1 is 1.04 bits per heavy atom. The van der Waals surface area contributed by atoms with Gasteiger partial charge in [0.15, 0.2) is 0 Å². The van der Waals surface area contributed by atoms with Crippen LogP contribution in [0.4, 0.5) is 5.69 Å². The molecule has 0 aromatic heterocycles. The Balaban J connectivity index is 1.17. The number of allylic oxidation sites excluding steroid dienone is 1. The van der Waals surface area contributed by atoms with Gasteiger partial charge in [-0.1, -0.05) is 36.7 Å². The Bertz CT molecular complexity index is 2120. The van der Waals surface area contributed by atoms with E-state index in [9.17, 15) is 21.6 Å². The summed E-state index contributed by atoms with van der Waals surface area (Å²) in [5, 5.41) is -0.105. The second kappa shape index (κ2) is 15.7. The van der Waals surface area contributed by atoms with Crippen LogP contribution in [0.15, 0.2) is 48.6 Å². The first-order valence-corrected chi connectivity index (χ1v) is 24.4. The molecule has 0 radical (unpaired) electrons. The third-order valence-corrected chi connectivity index (χ3v) is 17.7. The summed E-state index contributed by atoms with van der Waals surface area (Å²) in [5.41, 5.74) is 2.58. The lowest BCUT2D eigenvalue weighted by Gasteiger charge is -2.53. The molecule has 2 aliphatic carbocycles. The topological polar surface area (TPSA) is 129 Å². The molecule has 0 unspecified atom stereocenters. The van der Waals surface area contributed by atoms with E-state index in [1.54, 1.807) is 24.4 Å². The summed E-state index contributed by atoms with van der Waals surface area (Å²) in [5.74, 6) is 0.169. The quantitative estimate of drug-likeness (QED) is 0.439. The molecule has 15 heteroatoms. The molecule has 2 aromatic rings. The van der Waals surface area contributed by atoms with E-state index < -0.39 is 36.8 Å². The average molecular weight is 845 g/mol. The van der Waals surface area contributed by atoms with Crippen molar-refractivity contribution >= 4 is 43.2 Å². The lowest BCUT2D eigenvalue weighted by atomic mass is 9.63. The van der Waals surface area contributed by atoms with E-state index >= 15 is 0 Å². The van der Waals surface area contributed by atoms with Crippen LogP contribution in [0.1, 0.15) is 67.4 Å². The number of amides is 1. The van der Waals surface area contributed by atoms with Crippen molar-refractivity contribution in [3.63, 3.8) is 0 Å². The summed E-state index contributed by atoms with van der Waals surface area (Å²) in [6.45, 7) is 10.2. The van der Waals surface area contributed by atoms with E-state index in [1.165, 1.54) is 17.4 Å². The molecule has 2 bridgehead atoms. The Kier molecular flexibility index (Phi) is 11.3. The van der Waals surface area contributed by atoms with Gasteiger partial charge in [0, 0.05) is 88.1 Å². The predicted molar refractivity (Wildman–Crippen MR) is 223 cm³/mol. The second-order valence-electron chi connectivity index (χ2n) is 17.7. The van der Waals surface area contributed by atoms with Gasteiger partial charge in [-0.2, -0.15) is 4.31 Å². The highest BCUT2D eigenvalue weighted by molar-refractivity contribution is 7.90. The summed E-state index contributed by atoms with van der Waals surface area (Å²) < 4.78 is 69.8. The number of nitrogens with zero attached hydrogens (tertiary/aromatic N) is 4. The van der Waals surface area contributed by atoms with Crippen LogP contribution in [-0.4, -0.2) is 133 Å². The largest absolute Gasteiger partial charge is 0.490 e. The number of hydrogen-bond acceptors (Lipinski definition) is 10. The molecule has 8 rings (SSSR count). The number of methoxy groups -OCH3 is 1. The van der Waals surface area contributed by atoms with Gasteiger partial charge in [-0.05, 0) is 105 Å².